The molecule has 1 atom stereocenters. The molecule has 0 aliphatic carbocycles. The van der Waals surface area contributed by atoms with Gasteiger partial charge in [-0.1, -0.05) is 24.3 Å². The predicted molar refractivity (Wildman–Crippen MR) is 68.4 cm³/mol. The Morgan fingerprint density at radius 3 is 2.83 bits per heavy atom. The molecule has 0 unspecified atom stereocenters. The van der Waals surface area contributed by atoms with E-state index in [0.717, 1.165) is 23.3 Å². The van der Waals surface area contributed by atoms with E-state index in [1.54, 1.807) is 6.07 Å². The van der Waals surface area contributed by atoms with E-state index in [1.165, 1.54) is 12.1 Å². The van der Waals surface area contributed by atoms with Crippen LogP contribution in [0.15, 0.2) is 42.5 Å². The number of fused-ring (bicyclic) bond motifs is 2. The zero-order chi connectivity index (χ0) is 12.5. The van der Waals surface area contributed by atoms with Crippen molar-refractivity contribution < 1.29 is 9.13 Å². The van der Waals surface area contributed by atoms with Gasteiger partial charge < -0.3 is 10.5 Å². The molecule has 0 fully saturated rings. The maximum Gasteiger partial charge on any atom is 0.133 e. The first kappa shape index (κ1) is 11.2. The standard InChI is InChI=1S/C15H14FNO/c16-12-5-6-13-11(9-17)7-10-3-1-2-4-14(10)18-15(13)8-12/h1-6,8,11H,7,9,17H2/t11-/m0/s1. The van der Waals surface area contributed by atoms with Gasteiger partial charge in [0.25, 0.3) is 0 Å². The van der Waals surface area contributed by atoms with Crippen LogP contribution in [0.1, 0.15) is 17.0 Å². The summed E-state index contributed by atoms with van der Waals surface area (Å²) in [5, 5.41) is 0. The average Bonchev–Trinajstić information content (AvgIpc) is 2.53. The Hall–Kier alpha value is -1.87. The molecule has 1 heterocycles. The summed E-state index contributed by atoms with van der Waals surface area (Å²) < 4.78 is 19.1. The lowest BCUT2D eigenvalue weighted by Crippen LogP contribution is -2.14. The summed E-state index contributed by atoms with van der Waals surface area (Å²) in [6.45, 7) is 0.524. The third-order valence-electron chi connectivity index (χ3n) is 3.36. The van der Waals surface area contributed by atoms with Crippen molar-refractivity contribution in [2.45, 2.75) is 12.3 Å². The first-order valence-corrected chi connectivity index (χ1v) is 6.03. The Kier molecular flexibility index (Phi) is 2.76. The first-order valence-electron chi connectivity index (χ1n) is 6.03. The summed E-state index contributed by atoms with van der Waals surface area (Å²) in [7, 11) is 0. The number of nitrogens with two attached hydrogens (primary N) is 1. The van der Waals surface area contributed by atoms with Gasteiger partial charge in [-0.3, -0.25) is 0 Å². The van der Waals surface area contributed by atoms with Crippen LogP contribution in [0.25, 0.3) is 0 Å². The quantitative estimate of drug-likeness (QED) is 0.834. The summed E-state index contributed by atoms with van der Waals surface area (Å²) >= 11 is 0. The van der Waals surface area contributed by atoms with Gasteiger partial charge >= 0.3 is 0 Å². The van der Waals surface area contributed by atoms with Gasteiger partial charge in [0.2, 0.25) is 0 Å². The van der Waals surface area contributed by atoms with Crippen molar-refractivity contribution in [3.63, 3.8) is 0 Å². The minimum atomic E-state index is -0.288. The highest BCUT2D eigenvalue weighted by Crippen LogP contribution is 2.39. The number of benzene rings is 2. The highest BCUT2D eigenvalue weighted by atomic mass is 19.1. The second-order valence-electron chi connectivity index (χ2n) is 4.53. The highest BCUT2D eigenvalue weighted by Gasteiger charge is 2.22. The van der Waals surface area contributed by atoms with Crippen molar-refractivity contribution in [1.82, 2.24) is 0 Å². The zero-order valence-electron chi connectivity index (χ0n) is 9.90. The summed E-state index contributed by atoms with van der Waals surface area (Å²) in [5.74, 6) is 1.25. The number of para-hydroxylation sites is 1. The minimum absolute atomic E-state index is 0.171. The largest absolute Gasteiger partial charge is 0.457 e. The number of hydrogen-bond donors (Lipinski definition) is 1. The van der Waals surface area contributed by atoms with Gasteiger partial charge in [0.05, 0.1) is 0 Å². The molecule has 2 aromatic rings. The Morgan fingerprint density at radius 1 is 1.17 bits per heavy atom. The predicted octanol–water partition coefficient (Wildman–Crippen LogP) is 3.22. The summed E-state index contributed by atoms with van der Waals surface area (Å²) in [4.78, 5) is 0. The molecule has 0 radical (unpaired) electrons. The maximum absolute atomic E-state index is 13.3. The van der Waals surface area contributed by atoms with Gasteiger partial charge in [-0.15, -0.1) is 0 Å². The Labute approximate surface area is 105 Å². The third-order valence-corrected chi connectivity index (χ3v) is 3.36. The van der Waals surface area contributed by atoms with Crippen LogP contribution in [0.2, 0.25) is 0 Å². The molecule has 2 nitrogen and oxygen atoms in total. The van der Waals surface area contributed by atoms with E-state index in [2.05, 4.69) is 0 Å². The molecule has 3 heteroatoms. The van der Waals surface area contributed by atoms with Crippen LogP contribution in [-0.4, -0.2) is 6.54 Å². The fourth-order valence-corrected chi connectivity index (χ4v) is 2.41. The highest BCUT2D eigenvalue weighted by molar-refractivity contribution is 5.47. The van der Waals surface area contributed by atoms with Crippen molar-refractivity contribution in [1.29, 1.82) is 0 Å². The summed E-state index contributed by atoms with van der Waals surface area (Å²) in [6.07, 6.45) is 0.825. The summed E-state index contributed by atoms with van der Waals surface area (Å²) in [5.41, 5.74) is 7.93. The fraction of sp³-hybridized carbons (Fsp3) is 0.200. The first-order chi connectivity index (χ1) is 8.78. The Bertz CT molecular complexity index is 582. The monoisotopic (exact) mass is 243 g/mol. The van der Waals surface area contributed by atoms with Crippen LogP contribution in [-0.2, 0) is 6.42 Å². The van der Waals surface area contributed by atoms with Gasteiger partial charge in [-0.25, -0.2) is 4.39 Å². The molecule has 0 bridgehead atoms. The molecular weight excluding hydrogens is 229 g/mol. The van der Waals surface area contributed by atoms with Crippen molar-refractivity contribution in [2.75, 3.05) is 6.54 Å². The molecule has 0 aromatic heterocycles. The van der Waals surface area contributed by atoms with Crippen LogP contribution in [0, 0.1) is 5.82 Å². The van der Waals surface area contributed by atoms with Crippen molar-refractivity contribution in [3.8, 4) is 11.5 Å². The third kappa shape index (κ3) is 1.87. The number of rotatable bonds is 1. The summed E-state index contributed by atoms with van der Waals surface area (Å²) in [6, 6.07) is 12.5. The van der Waals surface area contributed by atoms with Crippen LogP contribution < -0.4 is 10.5 Å². The van der Waals surface area contributed by atoms with E-state index in [-0.39, 0.29) is 11.7 Å². The Morgan fingerprint density at radius 2 is 2.00 bits per heavy atom. The van der Waals surface area contributed by atoms with Crippen LogP contribution in [0.3, 0.4) is 0 Å². The van der Waals surface area contributed by atoms with Gasteiger partial charge in [0, 0.05) is 12.0 Å². The van der Waals surface area contributed by atoms with Crippen LogP contribution >= 0.6 is 0 Å². The van der Waals surface area contributed by atoms with E-state index in [4.69, 9.17) is 10.5 Å². The van der Waals surface area contributed by atoms with E-state index < -0.39 is 0 Å². The smallest absolute Gasteiger partial charge is 0.133 e. The SMILES string of the molecule is NC[C@@H]1Cc2ccccc2Oc2cc(F)ccc21. The molecule has 0 saturated carbocycles. The molecule has 92 valence electrons. The van der Waals surface area contributed by atoms with Crippen LogP contribution in [0.5, 0.6) is 11.5 Å². The van der Waals surface area contributed by atoms with Gasteiger partial charge in [-0.05, 0) is 36.2 Å². The van der Waals surface area contributed by atoms with Crippen LogP contribution in [0.4, 0.5) is 4.39 Å². The number of halogens is 1. The van der Waals surface area contributed by atoms with E-state index in [0.29, 0.717) is 12.3 Å². The molecule has 1 aliphatic heterocycles. The molecule has 0 spiro atoms. The second-order valence-corrected chi connectivity index (χ2v) is 4.53. The molecule has 2 aromatic carbocycles. The number of hydrogen-bond acceptors (Lipinski definition) is 2. The van der Waals surface area contributed by atoms with Gasteiger partial charge in [0.1, 0.15) is 17.3 Å². The molecular formula is C15H14FNO. The molecule has 1 aliphatic rings. The fourth-order valence-electron chi connectivity index (χ4n) is 2.41. The molecule has 0 amide bonds. The van der Waals surface area contributed by atoms with Gasteiger partial charge in [0.15, 0.2) is 0 Å². The van der Waals surface area contributed by atoms with E-state index in [9.17, 15) is 4.39 Å². The maximum atomic E-state index is 13.3. The lowest BCUT2D eigenvalue weighted by Gasteiger charge is -2.14. The number of ether oxygens (including phenoxy) is 1. The molecule has 18 heavy (non-hydrogen) atoms. The molecule has 0 saturated heterocycles. The minimum Gasteiger partial charge on any atom is -0.457 e. The van der Waals surface area contributed by atoms with Crippen molar-refractivity contribution >= 4 is 0 Å². The lowest BCUT2D eigenvalue weighted by atomic mass is 9.92. The normalized spacial score (nSPS) is 17.3. The Balaban J connectivity index is 2.14. The van der Waals surface area contributed by atoms with E-state index >= 15 is 0 Å². The molecule has 3 rings (SSSR count). The van der Waals surface area contributed by atoms with E-state index in [1.807, 2.05) is 24.3 Å². The average molecular weight is 243 g/mol. The topological polar surface area (TPSA) is 35.2 Å². The van der Waals surface area contributed by atoms with Crippen molar-refractivity contribution in [3.05, 3.63) is 59.4 Å². The van der Waals surface area contributed by atoms with Crippen molar-refractivity contribution in [2.24, 2.45) is 5.73 Å². The lowest BCUT2D eigenvalue weighted by molar-refractivity contribution is 0.472. The second kappa shape index (κ2) is 4.42. The molecule has 2 N–H and O–H groups in total. The zero-order valence-corrected chi connectivity index (χ0v) is 9.90. The van der Waals surface area contributed by atoms with Gasteiger partial charge in [-0.2, -0.15) is 0 Å².